The van der Waals surface area contributed by atoms with Gasteiger partial charge in [0.1, 0.15) is 5.75 Å². The highest BCUT2D eigenvalue weighted by atomic mass is 32.2. The second-order valence-electron chi connectivity index (χ2n) is 6.24. The molecule has 0 aromatic rings. The molecule has 0 aromatic heterocycles. The largest absolute Gasteiger partial charge is 0.392 e. The molecule has 0 bridgehead atoms. The van der Waals surface area contributed by atoms with Crippen molar-refractivity contribution in [2.75, 3.05) is 38.5 Å². The first-order valence-electron chi connectivity index (χ1n) is 7.78. The fourth-order valence-electron chi connectivity index (χ4n) is 3.18. The Labute approximate surface area is 127 Å². The first-order valence-corrected chi connectivity index (χ1v) is 9.50. The summed E-state index contributed by atoms with van der Waals surface area (Å²) in [6.07, 6.45) is 2.94. The van der Waals surface area contributed by atoms with Crippen LogP contribution in [0, 0.1) is 0 Å². The van der Waals surface area contributed by atoms with E-state index in [0.717, 1.165) is 12.8 Å². The van der Waals surface area contributed by atoms with E-state index >= 15 is 0 Å². The molecule has 2 aliphatic rings. The minimum Gasteiger partial charge on any atom is -0.392 e. The van der Waals surface area contributed by atoms with Crippen molar-refractivity contribution in [1.82, 2.24) is 9.80 Å². The van der Waals surface area contributed by atoms with Crippen LogP contribution in [-0.4, -0.2) is 79.1 Å². The van der Waals surface area contributed by atoms with E-state index in [1.165, 1.54) is 0 Å². The summed E-state index contributed by atoms with van der Waals surface area (Å²) < 4.78 is 24.4. The zero-order valence-corrected chi connectivity index (χ0v) is 13.5. The zero-order valence-electron chi connectivity index (χ0n) is 12.7. The Morgan fingerprint density at radius 1 is 1.19 bits per heavy atom. The van der Waals surface area contributed by atoms with Gasteiger partial charge in [0.25, 0.3) is 0 Å². The van der Waals surface area contributed by atoms with E-state index in [1.54, 1.807) is 11.8 Å². The normalized spacial score (nSPS) is 23.4. The third-order valence-electron chi connectivity index (χ3n) is 4.38. The maximum absolute atomic E-state index is 12.2. The third-order valence-corrected chi connectivity index (χ3v) is 6.52. The van der Waals surface area contributed by atoms with Gasteiger partial charge in [-0.2, -0.15) is 0 Å². The molecule has 1 aliphatic heterocycles. The van der Waals surface area contributed by atoms with Gasteiger partial charge in [0.15, 0.2) is 9.84 Å². The summed E-state index contributed by atoms with van der Waals surface area (Å²) >= 11 is 0. The third kappa shape index (κ3) is 4.66. The number of amides is 1. The summed E-state index contributed by atoms with van der Waals surface area (Å²) in [4.78, 5) is 15.9. The van der Waals surface area contributed by atoms with Gasteiger partial charge in [-0.1, -0.05) is 12.8 Å². The van der Waals surface area contributed by atoms with Gasteiger partial charge >= 0.3 is 0 Å². The molecule has 2 rings (SSSR count). The molecule has 0 radical (unpaired) electrons. The lowest BCUT2D eigenvalue weighted by Gasteiger charge is -2.35. The summed E-state index contributed by atoms with van der Waals surface area (Å²) in [5, 5.41) is 9.04. The van der Waals surface area contributed by atoms with E-state index in [-0.39, 0.29) is 23.0 Å². The Bertz CT molecular complexity index is 450. The fourth-order valence-corrected chi connectivity index (χ4v) is 5.00. The molecule has 1 atom stereocenters. The fraction of sp³-hybridized carbons (Fsp3) is 0.929. The van der Waals surface area contributed by atoms with Gasteiger partial charge in [-0.05, 0) is 19.8 Å². The molecule has 1 amide bonds. The van der Waals surface area contributed by atoms with Gasteiger partial charge in [-0.15, -0.1) is 0 Å². The second-order valence-corrected chi connectivity index (χ2v) is 8.53. The van der Waals surface area contributed by atoms with Crippen LogP contribution in [0.1, 0.15) is 32.6 Å². The van der Waals surface area contributed by atoms with Crippen molar-refractivity contribution < 1.29 is 18.3 Å². The number of sulfone groups is 1. The molecule has 0 spiro atoms. The molecular weight excluding hydrogens is 292 g/mol. The van der Waals surface area contributed by atoms with Gasteiger partial charge in [-0.3, -0.25) is 9.69 Å². The van der Waals surface area contributed by atoms with E-state index in [2.05, 4.69) is 4.90 Å². The molecule has 2 fully saturated rings. The van der Waals surface area contributed by atoms with Crippen molar-refractivity contribution in [3.05, 3.63) is 0 Å². The van der Waals surface area contributed by atoms with Crippen LogP contribution < -0.4 is 0 Å². The number of hydrogen-bond acceptors (Lipinski definition) is 5. The molecule has 0 aromatic carbocycles. The summed E-state index contributed by atoms with van der Waals surface area (Å²) in [5.74, 6) is -0.604. The Kier molecular flexibility index (Phi) is 5.62. The Hall–Kier alpha value is -0.660. The monoisotopic (exact) mass is 318 g/mol. The molecule has 1 saturated heterocycles. The van der Waals surface area contributed by atoms with Crippen molar-refractivity contribution in [2.45, 2.75) is 44.0 Å². The van der Waals surface area contributed by atoms with E-state index < -0.39 is 9.84 Å². The van der Waals surface area contributed by atoms with Crippen LogP contribution in [0.2, 0.25) is 0 Å². The Morgan fingerprint density at radius 2 is 1.76 bits per heavy atom. The topological polar surface area (TPSA) is 77.9 Å². The number of carbonyl (C=O) groups excluding carboxylic acids is 1. The minimum atomic E-state index is -3.29. The summed E-state index contributed by atoms with van der Waals surface area (Å²) in [7, 11) is -3.29. The van der Waals surface area contributed by atoms with E-state index in [4.69, 9.17) is 0 Å². The second kappa shape index (κ2) is 7.07. The van der Waals surface area contributed by atoms with Crippen LogP contribution >= 0.6 is 0 Å². The molecular formula is C14H26N2O4S. The summed E-state index contributed by atoms with van der Waals surface area (Å²) in [5.41, 5.74) is 0. The highest BCUT2D eigenvalue weighted by Crippen LogP contribution is 2.25. The maximum Gasteiger partial charge on any atom is 0.237 e. The van der Waals surface area contributed by atoms with E-state index in [0.29, 0.717) is 45.6 Å². The minimum absolute atomic E-state index is 0.265. The van der Waals surface area contributed by atoms with E-state index in [1.807, 2.05) is 0 Å². The standard InChI is InChI=1S/C14H26N2O4S/c1-12(17)10-15-6-8-16(9-7-15)14(18)11-21(19,20)13-4-2-3-5-13/h12-13,17H,2-11H2,1H3/t12-/m0/s1. The number of β-amino-alcohol motifs (C(OH)–C–C–N with tert-alkyl or cyclic N) is 1. The molecule has 1 saturated carbocycles. The number of aliphatic hydroxyl groups is 1. The van der Waals surface area contributed by atoms with Crippen LogP contribution in [0.25, 0.3) is 0 Å². The molecule has 7 heteroatoms. The van der Waals surface area contributed by atoms with Gasteiger partial charge in [0.05, 0.1) is 11.4 Å². The molecule has 122 valence electrons. The van der Waals surface area contributed by atoms with Crippen molar-refractivity contribution in [2.24, 2.45) is 0 Å². The van der Waals surface area contributed by atoms with Gasteiger partial charge in [0.2, 0.25) is 5.91 Å². The number of hydrogen-bond donors (Lipinski definition) is 1. The number of aliphatic hydroxyl groups excluding tert-OH is 1. The number of carbonyl (C=O) groups is 1. The van der Waals surface area contributed by atoms with Crippen LogP contribution in [0.15, 0.2) is 0 Å². The number of piperazine rings is 1. The predicted molar refractivity (Wildman–Crippen MR) is 80.7 cm³/mol. The van der Waals surface area contributed by atoms with Crippen LogP contribution in [0.4, 0.5) is 0 Å². The van der Waals surface area contributed by atoms with Crippen molar-refractivity contribution >= 4 is 15.7 Å². The van der Waals surface area contributed by atoms with Crippen molar-refractivity contribution in [1.29, 1.82) is 0 Å². The average Bonchev–Trinajstić information content (AvgIpc) is 2.93. The Morgan fingerprint density at radius 3 is 2.29 bits per heavy atom. The number of rotatable bonds is 5. The lowest BCUT2D eigenvalue weighted by molar-refractivity contribution is -0.130. The average molecular weight is 318 g/mol. The molecule has 1 heterocycles. The molecule has 6 nitrogen and oxygen atoms in total. The van der Waals surface area contributed by atoms with Crippen LogP contribution in [-0.2, 0) is 14.6 Å². The highest BCUT2D eigenvalue weighted by molar-refractivity contribution is 7.92. The zero-order chi connectivity index (χ0) is 15.5. The molecule has 1 aliphatic carbocycles. The first kappa shape index (κ1) is 16.7. The van der Waals surface area contributed by atoms with Crippen LogP contribution in [0.5, 0.6) is 0 Å². The molecule has 21 heavy (non-hydrogen) atoms. The number of nitrogens with zero attached hydrogens (tertiary/aromatic N) is 2. The first-order chi connectivity index (χ1) is 9.88. The summed E-state index contributed by atoms with van der Waals surface area (Å²) in [6.45, 7) is 4.83. The van der Waals surface area contributed by atoms with Crippen LogP contribution in [0.3, 0.4) is 0 Å². The predicted octanol–water partition coefficient (Wildman–Crippen LogP) is -0.131. The lowest BCUT2D eigenvalue weighted by atomic mass is 10.3. The lowest BCUT2D eigenvalue weighted by Crippen LogP contribution is -2.51. The Balaban J connectivity index is 1.82. The highest BCUT2D eigenvalue weighted by Gasteiger charge is 2.32. The van der Waals surface area contributed by atoms with Crippen molar-refractivity contribution in [3.63, 3.8) is 0 Å². The SMILES string of the molecule is C[C@H](O)CN1CCN(C(=O)CS(=O)(=O)C2CCCC2)CC1. The smallest absolute Gasteiger partial charge is 0.237 e. The maximum atomic E-state index is 12.2. The van der Waals surface area contributed by atoms with Crippen molar-refractivity contribution in [3.8, 4) is 0 Å². The summed E-state index contributed by atoms with van der Waals surface area (Å²) in [6, 6.07) is 0. The van der Waals surface area contributed by atoms with E-state index in [9.17, 15) is 18.3 Å². The van der Waals surface area contributed by atoms with Gasteiger partial charge < -0.3 is 10.0 Å². The molecule has 0 unspecified atom stereocenters. The van der Waals surface area contributed by atoms with Gasteiger partial charge in [-0.25, -0.2) is 8.42 Å². The quantitative estimate of drug-likeness (QED) is 0.764. The molecule has 1 N–H and O–H groups in total. The van der Waals surface area contributed by atoms with Gasteiger partial charge in [0, 0.05) is 32.7 Å².